The van der Waals surface area contributed by atoms with E-state index in [1.54, 1.807) is 0 Å². The van der Waals surface area contributed by atoms with Gasteiger partial charge in [0.05, 0.1) is 12.1 Å². The van der Waals surface area contributed by atoms with Crippen LogP contribution >= 0.6 is 0 Å². The largest absolute Gasteiger partial charge is 0.298 e. The van der Waals surface area contributed by atoms with E-state index >= 15 is 0 Å². The quantitative estimate of drug-likeness (QED) is 0.744. The Morgan fingerprint density at radius 3 is 2.23 bits per heavy atom. The predicted molar refractivity (Wildman–Crippen MR) is 103 cm³/mol. The first-order chi connectivity index (χ1) is 12.9. The molecule has 0 bridgehead atoms. The van der Waals surface area contributed by atoms with Crippen LogP contribution in [0.5, 0.6) is 0 Å². The molecule has 1 saturated heterocycles. The van der Waals surface area contributed by atoms with Crippen molar-refractivity contribution in [2.75, 3.05) is 26.2 Å². The van der Waals surface area contributed by atoms with E-state index in [1.807, 2.05) is 0 Å². The van der Waals surface area contributed by atoms with Crippen molar-refractivity contribution in [2.45, 2.75) is 95.7 Å². The molecule has 0 radical (unpaired) electrons. The average molecular weight is 361 g/mol. The van der Waals surface area contributed by atoms with E-state index in [9.17, 15) is 0 Å². The molecule has 1 aliphatic heterocycles. The number of hydrogen-bond acceptors (Lipinski definition) is 5. The van der Waals surface area contributed by atoms with Crippen molar-refractivity contribution in [3.8, 4) is 0 Å². The van der Waals surface area contributed by atoms with E-state index in [2.05, 4.69) is 36.9 Å². The zero-order chi connectivity index (χ0) is 17.8. The molecular weight excluding hydrogens is 324 g/mol. The van der Waals surface area contributed by atoms with Gasteiger partial charge in [0, 0.05) is 32.2 Å². The molecule has 0 aromatic carbocycles. The number of piperazine rings is 1. The van der Waals surface area contributed by atoms with E-state index in [0.29, 0.717) is 12.1 Å². The smallest absolute Gasteiger partial charge is 0.168 e. The maximum atomic E-state index is 4.53. The zero-order valence-electron chi connectivity index (χ0n) is 16.5. The number of aromatic nitrogens is 4. The van der Waals surface area contributed by atoms with Crippen LogP contribution in [-0.4, -0.2) is 62.2 Å². The summed E-state index contributed by atoms with van der Waals surface area (Å²) < 4.78 is 2.19. The number of tetrazole rings is 1. The third-order valence-electron chi connectivity index (χ3n) is 6.95. The Kier molecular flexibility index (Phi) is 6.20. The third-order valence-corrected chi connectivity index (χ3v) is 6.95. The Hall–Kier alpha value is -1.01. The number of rotatable bonds is 7. The molecular formula is C20H36N6. The Balaban J connectivity index is 1.44. The predicted octanol–water partition coefficient (Wildman–Crippen LogP) is 3.58. The lowest BCUT2D eigenvalue weighted by molar-refractivity contribution is 0.0615. The van der Waals surface area contributed by atoms with Gasteiger partial charge in [-0.15, -0.1) is 5.10 Å². The van der Waals surface area contributed by atoms with Gasteiger partial charge >= 0.3 is 0 Å². The molecule has 3 fully saturated rings. The zero-order valence-corrected chi connectivity index (χ0v) is 16.5. The molecule has 2 aliphatic carbocycles. The summed E-state index contributed by atoms with van der Waals surface area (Å²) >= 11 is 0. The summed E-state index contributed by atoms with van der Waals surface area (Å²) in [5.74, 6) is 1.14. The van der Waals surface area contributed by atoms with Crippen molar-refractivity contribution in [1.82, 2.24) is 30.0 Å². The van der Waals surface area contributed by atoms with Crippen LogP contribution in [-0.2, 0) is 0 Å². The van der Waals surface area contributed by atoms with Crippen LogP contribution in [0.15, 0.2) is 0 Å². The highest BCUT2D eigenvalue weighted by Gasteiger charge is 2.33. The Morgan fingerprint density at radius 2 is 1.58 bits per heavy atom. The number of unbranched alkanes of at least 4 members (excludes halogenated alkanes) is 1. The van der Waals surface area contributed by atoms with Crippen LogP contribution in [0.4, 0.5) is 0 Å². The van der Waals surface area contributed by atoms with Gasteiger partial charge in [-0.25, -0.2) is 4.68 Å². The molecule has 0 amide bonds. The van der Waals surface area contributed by atoms with Gasteiger partial charge in [0.25, 0.3) is 0 Å². The summed E-state index contributed by atoms with van der Waals surface area (Å²) in [7, 11) is 0. The Bertz CT molecular complexity index is 538. The molecule has 4 rings (SSSR count). The lowest BCUT2D eigenvalue weighted by Gasteiger charge is -2.41. The topological polar surface area (TPSA) is 50.1 Å². The molecule has 2 heterocycles. The minimum Gasteiger partial charge on any atom is -0.298 e. The molecule has 6 nitrogen and oxygen atoms in total. The van der Waals surface area contributed by atoms with Crippen molar-refractivity contribution in [1.29, 1.82) is 0 Å². The Morgan fingerprint density at radius 1 is 0.923 bits per heavy atom. The fourth-order valence-corrected chi connectivity index (χ4v) is 5.38. The highest BCUT2D eigenvalue weighted by Crippen LogP contribution is 2.34. The molecule has 0 N–H and O–H groups in total. The van der Waals surface area contributed by atoms with Gasteiger partial charge in [0.1, 0.15) is 0 Å². The lowest BCUT2D eigenvalue weighted by Crippen LogP contribution is -2.50. The van der Waals surface area contributed by atoms with E-state index < -0.39 is 0 Å². The van der Waals surface area contributed by atoms with E-state index in [1.165, 1.54) is 96.8 Å². The molecule has 1 atom stereocenters. The first-order valence-electron chi connectivity index (χ1n) is 11.1. The highest BCUT2D eigenvalue weighted by molar-refractivity contribution is 4.98. The van der Waals surface area contributed by atoms with Gasteiger partial charge in [-0.3, -0.25) is 9.80 Å². The summed E-state index contributed by atoms with van der Waals surface area (Å²) in [5.41, 5.74) is 0. The van der Waals surface area contributed by atoms with Gasteiger partial charge in [0.2, 0.25) is 0 Å². The number of hydrogen-bond donors (Lipinski definition) is 0. The standard InChI is InChI=1S/C20H36N6/c1-2-3-12-19(20-21-22-23-26(20)18-10-6-7-11-18)25-15-13-24(14-16-25)17-8-4-5-9-17/h17-19H,2-16H2,1H3/t19-/m0/s1. The number of nitrogens with zero attached hydrogens (tertiary/aromatic N) is 6. The normalized spacial score (nSPS) is 25.3. The van der Waals surface area contributed by atoms with Crippen LogP contribution in [0, 0.1) is 0 Å². The molecule has 1 aromatic rings. The van der Waals surface area contributed by atoms with Gasteiger partial charge < -0.3 is 0 Å². The minimum absolute atomic E-state index is 0.399. The van der Waals surface area contributed by atoms with Crippen LogP contribution in [0.25, 0.3) is 0 Å². The maximum Gasteiger partial charge on any atom is 0.168 e. The second kappa shape index (κ2) is 8.79. The summed E-state index contributed by atoms with van der Waals surface area (Å²) in [6, 6.07) is 1.79. The van der Waals surface area contributed by atoms with Crippen LogP contribution in [0.1, 0.15) is 95.5 Å². The second-order valence-corrected chi connectivity index (χ2v) is 8.59. The fraction of sp³-hybridized carbons (Fsp3) is 0.950. The van der Waals surface area contributed by atoms with Crippen molar-refractivity contribution in [3.63, 3.8) is 0 Å². The first kappa shape index (κ1) is 18.4. The van der Waals surface area contributed by atoms with Crippen molar-refractivity contribution in [3.05, 3.63) is 5.82 Å². The van der Waals surface area contributed by atoms with E-state index in [4.69, 9.17) is 0 Å². The Labute approximate surface area is 158 Å². The minimum atomic E-state index is 0.399. The molecule has 146 valence electrons. The van der Waals surface area contributed by atoms with Crippen molar-refractivity contribution in [2.24, 2.45) is 0 Å². The van der Waals surface area contributed by atoms with E-state index in [-0.39, 0.29) is 0 Å². The molecule has 2 saturated carbocycles. The average Bonchev–Trinajstić information content (AvgIpc) is 3.43. The van der Waals surface area contributed by atoms with Crippen molar-refractivity contribution >= 4 is 0 Å². The maximum absolute atomic E-state index is 4.53. The molecule has 6 heteroatoms. The van der Waals surface area contributed by atoms with Gasteiger partial charge in [-0.2, -0.15) is 0 Å². The molecule has 0 spiro atoms. The molecule has 26 heavy (non-hydrogen) atoms. The molecule has 3 aliphatic rings. The van der Waals surface area contributed by atoms with Crippen LogP contribution in [0.2, 0.25) is 0 Å². The molecule has 1 aromatic heterocycles. The van der Waals surface area contributed by atoms with Gasteiger partial charge in [-0.05, 0) is 42.5 Å². The van der Waals surface area contributed by atoms with Gasteiger partial charge in [-0.1, -0.05) is 45.4 Å². The highest BCUT2D eigenvalue weighted by atomic mass is 15.6. The van der Waals surface area contributed by atoms with Crippen LogP contribution in [0.3, 0.4) is 0 Å². The lowest BCUT2D eigenvalue weighted by atomic mass is 10.0. The summed E-state index contributed by atoms with van der Waals surface area (Å²) in [5, 5.41) is 13.0. The van der Waals surface area contributed by atoms with Gasteiger partial charge in [0.15, 0.2) is 5.82 Å². The monoisotopic (exact) mass is 360 g/mol. The van der Waals surface area contributed by atoms with Crippen molar-refractivity contribution < 1.29 is 0 Å². The van der Waals surface area contributed by atoms with Crippen LogP contribution < -0.4 is 0 Å². The third kappa shape index (κ3) is 3.96. The van der Waals surface area contributed by atoms with E-state index in [0.717, 1.165) is 11.9 Å². The summed E-state index contributed by atoms with van der Waals surface area (Å²) in [4.78, 5) is 5.43. The second-order valence-electron chi connectivity index (χ2n) is 8.59. The SMILES string of the molecule is CCCC[C@@H](c1nnnn1C1CCCC1)N1CCN(C2CCCC2)CC1. The fourth-order valence-electron chi connectivity index (χ4n) is 5.38. The summed E-state index contributed by atoms with van der Waals surface area (Å²) in [6.45, 7) is 7.07. The molecule has 0 unspecified atom stereocenters. The summed E-state index contributed by atoms with van der Waals surface area (Å²) in [6.07, 6.45) is 14.5. The first-order valence-corrected chi connectivity index (χ1v) is 11.1.